The Morgan fingerprint density at radius 3 is 3.05 bits per heavy atom. The monoisotopic (exact) mass is 286 g/mol. The van der Waals surface area contributed by atoms with Gasteiger partial charge in [-0.25, -0.2) is 0 Å². The van der Waals surface area contributed by atoms with Crippen LogP contribution in [0.15, 0.2) is 24.3 Å². The summed E-state index contributed by atoms with van der Waals surface area (Å²) in [5, 5.41) is 0. The number of hydrogen-bond donors (Lipinski definition) is 1. The van der Waals surface area contributed by atoms with E-state index in [-0.39, 0.29) is 0 Å². The van der Waals surface area contributed by atoms with Crippen molar-refractivity contribution in [1.29, 1.82) is 0 Å². The summed E-state index contributed by atoms with van der Waals surface area (Å²) in [7, 11) is 0. The Hall–Kier alpha value is -1.34. The molecule has 1 saturated heterocycles. The summed E-state index contributed by atoms with van der Waals surface area (Å²) in [6.45, 7) is 6.56. The smallest absolute Gasteiger partial charge is 0.0702 e. The lowest BCUT2D eigenvalue weighted by atomic mass is 10.0. The van der Waals surface area contributed by atoms with Crippen LogP contribution in [0, 0.1) is 11.8 Å². The highest BCUT2D eigenvalue weighted by molar-refractivity contribution is 5.41. The first kappa shape index (κ1) is 16.0. The molecule has 21 heavy (non-hydrogen) atoms. The average molecular weight is 286 g/mol. The molecular weight excluding hydrogens is 260 g/mol. The Labute approximate surface area is 128 Å². The molecule has 0 aromatic heterocycles. The van der Waals surface area contributed by atoms with Crippen LogP contribution in [0.2, 0.25) is 0 Å². The standard InChI is InChI=1S/C18H26N2O/c1-2-13-21-18-10-6-12-20(15-18)14-17-8-4-3-7-16(17)9-5-11-19/h3-4,7-8,18H,2,6,10-15,19H2,1H3. The van der Waals surface area contributed by atoms with Crippen molar-refractivity contribution >= 4 is 0 Å². The molecule has 3 heteroatoms. The molecule has 1 unspecified atom stereocenters. The molecule has 0 aliphatic carbocycles. The highest BCUT2D eigenvalue weighted by Gasteiger charge is 2.20. The molecule has 114 valence electrons. The number of likely N-dealkylation sites (tertiary alicyclic amines) is 1. The third kappa shape index (κ3) is 5.17. The molecule has 2 rings (SSSR count). The number of piperidine rings is 1. The summed E-state index contributed by atoms with van der Waals surface area (Å²) in [6.07, 6.45) is 3.88. The quantitative estimate of drug-likeness (QED) is 0.845. The first-order valence-corrected chi connectivity index (χ1v) is 7.94. The van der Waals surface area contributed by atoms with Gasteiger partial charge < -0.3 is 10.5 Å². The number of ether oxygens (including phenoxy) is 1. The lowest BCUT2D eigenvalue weighted by Gasteiger charge is -2.32. The molecule has 0 saturated carbocycles. The molecule has 0 bridgehead atoms. The first-order valence-electron chi connectivity index (χ1n) is 7.94. The second-order valence-corrected chi connectivity index (χ2v) is 5.53. The fourth-order valence-corrected chi connectivity index (χ4v) is 2.74. The zero-order valence-electron chi connectivity index (χ0n) is 13.0. The highest BCUT2D eigenvalue weighted by atomic mass is 16.5. The predicted octanol–water partition coefficient (Wildman–Crippen LogP) is 2.39. The van der Waals surface area contributed by atoms with E-state index in [0.717, 1.165) is 38.2 Å². The van der Waals surface area contributed by atoms with Gasteiger partial charge in [0.05, 0.1) is 12.6 Å². The Morgan fingerprint density at radius 2 is 2.24 bits per heavy atom. The minimum absolute atomic E-state index is 0.390. The molecule has 1 aromatic carbocycles. The second-order valence-electron chi connectivity index (χ2n) is 5.53. The van der Waals surface area contributed by atoms with Crippen LogP contribution in [0.25, 0.3) is 0 Å². The van der Waals surface area contributed by atoms with Crippen LogP contribution < -0.4 is 5.73 Å². The van der Waals surface area contributed by atoms with Crippen LogP contribution in [0.4, 0.5) is 0 Å². The molecule has 1 atom stereocenters. The zero-order chi connectivity index (χ0) is 14.9. The molecule has 3 nitrogen and oxygen atoms in total. The highest BCUT2D eigenvalue weighted by Crippen LogP contribution is 2.18. The lowest BCUT2D eigenvalue weighted by molar-refractivity contribution is -0.00224. The minimum atomic E-state index is 0.390. The van der Waals surface area contributed by atoms with Crippen LogP contribution in [-0.2, 0) is 11.3 Å². The molecule has 0 radical (unpaired) electrons. The normalized spacial score (nSPS) is 19.0. The van der Waals surface area contributed by atoms with Gasteiger partial charge in [-0.1, -0.05) is 37.0 Å². The van der Waals surface area contributed by atoms with E-state index in [1.807, 2.05) is 6.07 Å². The van der Waals surface area contributed by atoms with Crippen molar-refractivity contribution in [2.45, 2.75) is 38.8 Å². The van der Waals surface area contributed by atoms with Gasteiger partial charge in [0, 0.05) is 25.3 Å². The molecule has 1 heterocycles. The number of benzene rings is 1. The third-order valence-corrected chi connectivity index (χ3v) is 3.76. The maximum Gasteiger partial charge on any atom is 0.0702 e. The van der Waals surface area contributed by atoms with Gasteiger partial charge in [-0.05, 0) is 37.4 Å². The van der Waals surface area contributed by atoms with Crippen LogP contribution in [-0.4, -0.2) is 37.2 Å². The van der Waals surface area contributed by atoms with E-state index in [4.69, 9.17) is 10.5 Å². The van der Waals surface area contributed by atoms with E-state index in [1.54, 1.807) is 0 Å². The van der Waals surface area contributed by atoms with E-state index >= 15 is 0 Å². The fraction of sp³-hybridized carbons (Fsp3) is 0.556. The van der Waals surface area contributed by atoms with Crippen molar-refractivity contribution in [2.75, 3.05) is 26.2 Å². The summed E-state index contributed by atoms with van der Waals surface area (Å²) in [6, 6.07) is 8.36. The fourth-order valence-electron chi connectivity index (χ4n) is 2.74. The second kappa shape index (κ2) is 8.84. The van der Waals surface area contributed by atoms with Crippen molar-refractivity contribution < 1.29 is 4.74 Å². The maximum absolute atomic E-state index is 5.91. The summed E-state index contributed by atoms with van der Waals surface area (Å²) in [5.74, 6) is 6.13. The molecule has 0 spiro atoms. The van der Waals surface area contributed by atoms with Gasteiger partial charge in [0.1, 0.15) is 0 Å². The van der Waals surface area contributed by atoms with Gasteiger partial charge in [-0.3, -0.25) is 4.90 Å². The SMILES string of the molecule is CCCOC1CCCN(Cc2ccccc2C#CCN)C1. The van der Waals surface area contributed by atoms with Crippen molar-refractivity contribution in [1.82, 2.24) is 4.90 Å². The van der Waals surface area contributed by atoms with Gasteiger partial charge in [-0.2, -0.15) is 0 Å². The lowest BCUT2D eigenvalue weighted by Crippen LogP contribution is -2.39. The Balaban J connectivity index is 1.97. The van der Waals surface area contributed by atoms with E-state index in [2.05, 4.69) is 41.9 Å². The number of hydrogen-bond acceptors (Lipinski definition) is 3. The molecule has 0 amide bonds. The van der Waals surface area contributed by atoms with Gasteiger partial charge in [-0.15, -0.1) is 0 Å². The van der Waals surface area contributed by atoms with Crippen molar-refractivity contribution in [3.8, 4) is 11.8 Å². The predicted molar refractivity (Wildman–Crippen MR) is 86.9 cm³/mol. The van der Waals surface area contributed by atoms with Crippen molar-refractivity contribution in [3.05, 3.63) is 35.4 Å². The van der Waals surface area contributed by atoms with E-state index in [0.29, 0.717) is 12.6 Å². The Kier molecular flexibility index (Phi) is 6.75. The molecule has 1 aromatic rings. The molecular formula is C18H26N2O. The summed E-state index contributed by atoms with van der Waals surface area (Å²) in [5.41, 5.74) is 7.86. The zero-order valence-corrected chi connectivity index (χ0v) is 13.0. The average Bonchev–Trinajstić information content (AvgIpc) is 2.52. The van der Waals surface area contributed by atoms with E-state index < -0.39 is 0 Å². The molecule has 1 aliphatic heterocycles. The van der Waals surface area contributed by atoms with Gasteiger partial charge >= 0.3 is 0 Å². The minimum Gasteiger partial charge on any atom is -0.377 e. The van der Waals surface area contributed by atoms with Gasteiger partial charge in [0.25, 0.3) is 0 Å². The van der Waals surface area contributed by atoms with E-state index in [9.17, 15) is 0 Å². The van der Waals surface area contributed by atoms with Crippen LogP contribution in [0.5, 0.6) is 0 Å². The Morgan fingerprint density at radius 1 is 1.38 bits per heavy atom. The largest absolute Gasteiger partial charge is 0.377 e. The summed E-state index contributed by atoms with van der Waals surface area (Å²) >= 11 is 0. The molecule has 1 fully saturated rings. The first-order chi connectivity index (χ1) is 10.3. The topological polar surface area (TPSA) is 38.5 Å². The van der Waals surface area contributed by atoms with Gasteiger partial charge in [0.2, 0.25) is 0 Å². The third-order valence-electron chi connectivity index (χ3n) is 3.76. The number of nitrogens with two attached hydrogens (primary N) is 1. The van der Waals surface area contributed by atoms with Crippen LogP contribution >= 0.6 is 0 Å². The maximum atomic E-state index is 5.91. The van der Waals surface area contributed by atoms with Crippen molar-refractivity contribution in [2.24, 2.45) is 5.73 Å². The molecule has 2 N–H and O–H groups in total. The molecule has 1 aliphatic rings. The van der Waals surface area contributed by atoms with E-state index in [1.165, 1.54) is 18.4 Å². The summed E-state index contributed by atoms with van der Waals surface area (Å²) in [4.78, 5) is 2.48. The van der Waals surface area contributed by atoms with Crippen LogP contribution in [0.3, 0.4) is 0 Å². The van der Waals surface area contributed by atoms with Crippen LogP contribution in [0.1, 0.15) is 37.3 Å². The van der Waals surface area contributed by atoms with Gasteiger partial charge in [0.15, 0.2) is 0 Å². The number of nitrogens with zero attached hydrogens (tertiary/aromatic N) is 1. The van der Waals surface area contributed by atoms with Crippen molar-refractivity contribution in [3.63, 3.8) is 0 Å². The summed E-state index contributed by atoms with van der Waals surface area (Å²) < 4.78 is 5.91. The Bertz CT molecular complexity index is 489. The number of rotatable bonds is 5.